The number of aryl methyl sites for hydroxylation is 1. The SMILES string of the molecule is Cc1oc(COc2ccc(F)cc2Cl)cc1CNC1CC1. The molecule has 5 heteroatoms. The lowest BCUT2D eigenvalue weighted by molar-refractivity contribution is 0.267. The van der Waals surface area contributed by atoms with Gasteiger partial charge in [-0.15, -0.1) is 0 Å². The Hall–Kier alpha value is -1.52. The van der Waals surface area contributed by atoms with Gasteiger partial charge < -0.3 is 14.5 Å². The first-order valence-corrected chi connectivity index (χ1v) is 7.39. The van der Waals surface area contributed by atoms with Crippen molar-refractivity contribution in [1.82, 2.24) is 5.32 Å². The molecule has 0 radical (unpaired) electrons. The molecule has 0 spiro atoms. The van der Waals surface area contributed by atoms with Crippen LogP contribution in [0.4, 0.5) is 4.39 Å². The molecular formula is C16H17ClFNO2. The second-order valence-electron chi connectivity index (χ2n) is 5.31. The van der Waals surface area contributed by atoms with E-state index in [0.717, 1.165) is 23.6 Å². The summed E-state index contributed by atoms with van der Waals surface area (Å²) in [7, 11) is 0. The van der Waals surface area contributed by atoms with Gasteiger partial charge in [-0.2, -0.15) is 0 Å². The average Bonchev–Trinajstić information content (AvgIpc) is 3.20. The fraction of sp³-hybridized carbons (Fsp3) is 0.375. The number of halogens is 2. The maximum Gasteiger partial charge on any atom is 0.146 e. The third-order valence-electron chi connectivity index (χ3n) is 3.49. The standard InChI is InChI=1S/C16H17ClFNO2/c1-10-11(8-19-13-3-4-13)6-14(21-10)9-20-16-5-2-12(18)7-15(16)17/h2,5-7,13,19H,3-4,8-9H2,1H3. The number of rotatable bonds is 6. The van der Waals surface area contributed by atoms with Gasteiger partial charge in [0.05, 0.1) is 5.02 Å². The van der Waals surface area contributed by atoms with E-state index in [9.17, 15) is 4.39 Å². The van der Waals surface area contributed by atoms with Crippen LogP contribution in [0.5, 0.6) is 5.75 Å². The van der Waals surface area contributed by atoms with Gasteiger partial charge in [-0.3, -0.25) is 0 Å². The lowest BCUT2D eigenvalue weighted by Gasteiger charge is -2.05. The van der Waals surface area contributed by atoms with Crippen molar-refractivity contribution in [1.29, 1.82) is 0 Å². The Morgan fingerprint density at radius 1 is 1.38 bits per heavy atom. The Morgan fingerprint density at radius 2 is 2.19 bits per heavy atom. The summed E-state index contributed by atoms with van der Waals surface area (Å²) < 4.78 is 24.2. The predicted octanol–water partition coefficient (Wildman–Crippen LogP) is 4.21. The average molecular weight is 310 g/mol. The smallest absolute Gasteiger partial charge is 0.146 e. The van der Waals surface area contributed by atoms with Crippen molar-refractivity contribution in [3.8, 4) is 5.75 Å². The normalized spacial score (nSPS) is 14.4. The van der Waals surface area contributed by atoms with E-state index in [4.69, 9.17) is 20.8 Å². The minimum absolute atomic E-state index is 0.258. The van der Waals surface area contributed by atoms with Crippen LogP contribution in [-0.2, 0) is 13.2 Å². The lowest BCUT2D eigenvalue weighted by Crippen LogP contribution is -2.15. The fourth-order valence-electron chi connectivity index (χ4n) is 2.12. The molecule has 21 heavy (non-hydrogen) atoms. The van der Waals surface area contributed by atoms with E-state index < -0.39 is 0 Å². The molecule has 1 aromatic heterocycles. The van der Waals surface area contributed by atoms with Gasteiger partial charge in [0.2, 0.25) is 0 Å². The zero-order valence-corrected chi connectivity index (χ0v) is 12.5. The van der Waals surface area contributed by atoms with E-state index >= 15 is 0 Å². The van der Waals surface area contributed by atoms with Crippen LogP contribution in [-0.4, -0.2) is 6.04 Å². The first-order chi connectivity index (χ1) is 10.1. The Bertz CT molecular complexity index is 637. The minimum atomic E-state index is -0.380. The largest absolute Gasteiger partial charge is 0.484 e. The number of benzene rings is 1. The number of furan rings is 1. The van der Waals surface area contributed by atoms with E-state index in [1.54, 1.807) is 0 Å². The van der Waals surface area contributed by atoms with Crippen LogP contribution in [0.25, 0.3) is 0 Å². The van der Waals surface area contributed by atoms with Crippen LogP contribution < -0.4 is 10.1 Å². The van der Waals surface area contributed by atoms with Crippen LogP contribution in [0, 0.1) is 12.7 Å². The van der Waals surface area contributed by atoms with Crippen LogP contribution in [0.1, 0.15) is 29.9 Å². The van der Waals surface area contributed by atoms with Gasteiger partial charge in [0.15, 0.2) is 0 Å². The zero-order valence-electron chi connectivity index (χ0n) is 11.8. The van der Waals surface area contributed by atoms with Crippen LogP contribution in [0.3, 0.4) is 0 Å². The van der Waals surface area contributed by atoms with Gasteiger partial charge in [-0.05, 0) is 44.0 Å². The highest BCUT2D eigenvalue weighted by molar-refractivity contribution is 6.32. The molecule has 1 aromatic carbocycles. The Labute approximate surface area is 128 Å². The van der Waals surface area contributed by atoms with Gasteiger partial charge >= 0.3 is 0 Å². The summed E-state index contributed by atoms with van der Waals surface area (Å²) in [4.78, 5) is 0. The third-order valence-corrected chi connectivity index (χ3v) is 3.79. The van der Waals surface area contributed by atoms with Crippen molar-refractivity contribution >= 4 is 11.6 Å². The molecule has 1 aliphatic carbocycles. The molecule has 0 atom stereocenters. The van der Waals surface area contributed by atoms with Gasteiger partial charge in [0, 0.05) is 18.2 Å². The van der Waals surface area contributed by atoms with Gasteiger partial charge in [0.1, 0.15) is 29.7 Å². The molecule has 0 aliphatic heterocycles. The summed E-state index contributed by atoms with van der Waals surface area (Å²) in [5.74, 6) is 1.70. The maximum atomic E-state index is 13.0. The Kier molecular flexibility index (Phi) is 4.17. The Morgan fingerprint density at radius 3 is 2.90 bits per heavy atom. The molecule has 0 unspecified atom stereocenters. The topological polar surface area (TPSA) is 34.4 Å². The maximum absolute atomic E-state index is 13.0. The first kappa shape index (κ1) is 14.4. The molecule has 3 rings (SSSR count). The highest BCUT2D eigenvalue weighted by Crippen LogP contribution is 2.26. The molecule has 1 N–H and O–H groups in total. The summed E-state index contributed by atoms with van der Waals surface area (Å²) in [6, 6.07) is 6.72. The molecule has 1 heterocycles. The third kappa shape index (κ3) is 3.77. The molecule has 1 fully saturated rings. The molecular weight excluding hydrogens is 293 g/mol. The molecule has 0 saturated heterocycles. The lowest BCUT2D eigenvalue weighted by atomic mass is 10.2. The quantitative estimate of drug-likeness (QED) is 0.868. The molecule has 2 aromatic rings. The number of ether oxygens (including phenoxy) is 1. The van der Waals surface area contributed by atoms with Crippen molar-refractivity contribution in [2.45, 2.75) is 39.0 Å². The van der Waals surface area contributed by atoms with Crippen molar-refractivity contribution in [2.24, 2.45) is 0 Å². The van der Waals surface area contributed by atoms with E-state index in [-0.39, 0.29) is 17.4 Å². The molecule has 1 aliphatic rings. The summed E-state index contributed by atoms with van der Waals surface area (Å²) >= 11 is 5.92. The predicted molar refractivity (Wildman–Crippen MR) is 79.0 cm³/mol. The van der Waals surface area contributed by atoms with Crippen LogP contribution in [0.15, 0.2) is 28.7 Å². The number of hydrogen-bond donors (Lipinski definition) is 1. The van der Waals surface area contributed by atoms with E-state index in [2.05, 4.69) is 5.32 Å². The monoisotopic (exact) mass is 309 g/mol. The molecule has 0 amide bonds. The van der Waals surface area contributed by atoms with E-state index in [0.29, 0.717) is 11.8 Å². The Balaban J connectivity index is 1.60. The molecule has 0 bridgehead atoms. The molecule has 1 saturated carbocycles. The summed E-state index contributed by atoms with van der Waals surface area (Å²) in [6.07, 6.45) is 2.52. The van der Waals surface area contributed by atoms with Crippen molar-refractivity contribution in [3.63, 3.8) is 0 Å². The molecule has 112 valence electrons. The van der Waals surface area contributed by atoms with Gasteiger partial charge in [-0.25, -0.2) is 4.39 Å². The van der Waals surface area contributed by atoms with Crippen molar-refractivity contribution in [3.05, 3.63) is 52.2 Å². The van der Waals surface area contributed by atoms with Gasteiger partial charge in [-0.1, -0.05) is 11.6 Å². The second-order valence-corrected chi connectivity index (χ2v) is 5.72. The van der Waals surface area contributed by atoms with E-state index in [1.165, 1.54) is 31.0 Å². The van der Waals surface area contributed by atoms with Crippen LogP contribution in [0.2, 0.25) is 5.02 Å². The highest BCUT2D eigenvalue weighted by atomic mass is 35.5. The highest BCUT2D eigenvalue weighted by Gasteiger charge is 2.21. The second kappa shape index (κ2) is 6.08. The number of nitrogens with one attached hydrogen (secondary N) is 1. The molecule has 3 nitrogen and oxygen atoms in total. The van der Waals surface area contributed by atoms with Crippen LogP contribution >= 0.6 is 11.6 Å². The van der Waals surface area contributed by atoms with Crippen molar-refractivity contribution < 1.29 is 13.5 Å². The van der Waals surface area contributed by atoms with E-state index in [1.807, 2.05) is 13.0 Å². The summed E-state index contributed by atoms with van der Waals surface area (Å²) in [6.45, 7) is 3.03. The minimum Gasteiger partial charge on any atom is -0.484 e. The van der Waals surface area contributed by atoms with Gasteiger partial charge in [0.25, 0.3) is 0 Å². The fourth-order valence-corrected chi connectivity index (χ4v) is 2.34. The van der Waals surface area contributed by atoms with Crippen molar-refractivity contribution in [2.75, 3.05) is 0 Å². The zero-order chi connectivity index (χ0) is 14.8. The first-order valence-electron chi connectivity index (χ1n) is 7.01. The summed E-state index contributed by atoms with van der Waals surface area (Å²) in [5, 5.41) is 3.71. The number of hydrogen-bond acceptors (Lipinski definition) is 3. The summed E-state index contributed by atoms with van der Waals surface area (Å²) in [5.41, 5.74) is 1.14.